The summed E-state index contributed by atoms with van der Waals surface area (Å²) in [6.07, 6.45) is 12.3. The van der Waals surface area contributed by atoms with E-state index in [4.69, 9.17) is 4.18 Å². The zero-order chi connectivity index (χ0) is 16.1. The van der Waals surface area contributed by atoms with Crippen LogP contribution in [0, 0.1) is 0 Å². The summed E-state index contributed by atoms with van der Waals surface area (Å²) < 4.78 is 28.8. The first-order valence-electron chi connectivity index (χ1n) is 8.61. The van der Waals surface area contributed by atoms with Crippen LogP contribution in [0.25, 0.3) is 0 Å². The average Bonchev–Trinajstić information content (AvgIpc) is 2.53. The van der Waals surface area contributed by atoms with E-state index in [1.54, 1.807) is 30.3 Å². The SMILES string of the molecule is CCCCCCCCCCCCOS(=O)(=O)c1ccccc1.[Ca].[Na]. The molecule has 6 heteroatoms. The Hall–Kier alpha value is 1.39. The molecule has 1 aromatic carbocycles. The van der Waals surface area contributed by atoms with Gasteiger partial charge in [-0.15, -0.1) is 0 Å². The van der Waals surface area contributed by atoms with Crippen LogP contribution in [-0.2, 0) is 14.3 Å². The maximum absolute atomic E-state index is 11.9. The van der Waals surface area contributed by atoms with E-state index in [-0.39, 0.29) is 78.8 Å². The predicted octanol–water partition coefficient (Wildman–Crippen LogP) is 4.55. The minimum atomic E-state index is -3.57. The maximum atomic E-state index is 11.9. The Morgan fingerprint density at radius 2 is 1.25 bits per heavy atom. The molecule has 0 bridgehead atoms. The van der Waals surface area contributed by atoms with Crippen molar-refractivity contribution in [1.82, 2.24) is 0 Å². The molecule has 24 heavy (non-hydrogen) atoms. The first-order valence-corrected chi connectivity index (χ1v) is 10.0. The molecule has 0 aliphatic carbocycles. The number of hydrogen-bond donors (Lipinski definition) is 0. The van der Waals surface area contributed by atoms with Gasteiger partial charge in [-0.3, -0.25) is 4.18 Å². The van der Waals surface area contributed by atoms with Gasteiger partial charge < -0.3 is 0 Å². The number of unbranched alkanes of at least 4 members (excludes halogenated alkanes) is 9. The second kappa shape index (κ2) is 17.8. The van der Waals surface area contributed by atoms with Gasteiger partial charge in [0.1, 0.15) is 0 Å². The summed E-state index contributed by atoms with van der Waals surface area (Å²) in [6.45, 7) is 2.52. The summed E-state index contributed by atoms with van der Waals surface area (Å²) in [7, 11) is -3.57. The average molecular weight is 390 g/mol. The van der Waals surface area contributed by atoms with Gasteiger partial charge in [-0.25, -0.2) is 0 Å². The molecular formula is C18H30CaNaO3S. The Morgan fingerprint density at radius 3 is 1.75 bits per heavy atom. The van der Waals surface area contributed by atoms with Crippen molar-refractivity contribution < 1.29 is 12.6 Å². The Bertz CT molecular complexity index is 480. The molecule has 3 nitrogen and oxygen atoms in total. The van der Waals surface area contributed by atoms with Crippen LogP contribution in [0.1, 0.15) is 71.1 Å². The minimum absolute atomic E-state index is 0. The second-order valence-corrected chi connectivity index (χ2v) is 7.39. The molecule has 0 saturated heterocycles. The van der Waals surface area contributed by atoms with Crippen molar-refractivity contribution in [2.75, 3.05) is 6.61 Å². The topological polar surface area (TPSA) is 43.4 Å². The summed E-state index contributed by atoms with van der Waals surface area (Å²) in [6, 6.07) is 8.33. The summed E-state index contributed by atoms with van der Waals surface area (Å²) in [4.78, 5) is 0.238. The predicted molar refractivity (Wildman–Crippen MR) is 103 cm³/mol. The number of benzene rings is 1. The molecule has 129 valence electrons. The molecule has 0 saturated carbocycles. The van der Waals surface area contributed by atoms with Gasteiger partial charge in [-0.1, -0.05) is 82.9 Å². The van der Waals surface area contributed by atoms with E-state index in [2.05, 4.69) is 6.92 Å². The van der Waals surface area contributed by atoms with Crippen LogP contribution in [0.4, 0.5) is 0 Å². The fourth-order valence-corrected chi connectivity index (χ4v) is 3.38. The van der Waals surface area contributed by atoms with Gasteiger partial charge in [-0.05, 0) is 18.6 Å². The Balaban J connectivity index is 0. The molecule has 3 radical (unpaired) electrons. The van der Waals surface area contributed by atoms with Crippen LogP contribution in [0.3, 0.4) is 0 Å². The van der Waals surface area contributed by atoms with E-state index >= 15 is 0 Å². The van der Waals surface area contributed by atoms with Gasteiger partial charge in [0, 0.05) is 67.3 Å². The van der Waals surface area contributed by atoms with Crippen molar-refractivity contribution in [2.45, 2.75) is 76.0 Å². The molecule has 0 heterocycles. The third-order valence-corrected chi connectivity index (χ3v) is 5.09. The van der Waals surface area contributed by atoms with Crippen LogP contribution in [0.15, 0.2) is 35.2 Å². The molecule has 0 aliphatic heterocycles. The minimum Gasteiger partial charge on any atom is -0.266 e. The molecule has 0 unspecified atom stereocenters. The van der Waals surface area contributed by atoms with Gasteiger partial charge in [0.2, 0.25) is 0 Å². The van der Waals surface area contributed by atoms with Crippen molar-refractivity contribution in [1.29, 1.82) is 0 Å². The van der Waals surface area contributed by atoms with E-state index in [1.165, 1.54) is 51.4 Å². The molecule has 0 aliphatic rings. The number of hydrogen-bond acceptors (Lipinski definition) is 3. The monoisotopic (exact) mass is 389 g/mol. The first-order chi connectivity index (χ1) is 10.7. The summed E-state index contributed by atoms with van der Waals surface area (Å²) in [5.74, 6) is 0. The van der Waals surface area contributed by atoms with Crippen LogP contribution in [0.2, 0.25) is 0 Å². The Labute approximate surface area is 200 Å². The smallest absolute Gasteiger partial charge is 0.266 e. The number of rotatable bonds is 13. The van der Waals surface area contributed by atoms with Crippen molar-refractivity contribution >= 4 is 77.4 Å². The van der Waals surface area contributed by atoms with Gasteiger partial charge in [0.25, 0.3) is 10.1 Å². The van der Waals surface area contributed by atoms with Crippen molar-refractivity contribution in [3.05, 3.63) is 30.3 Å². The van der Waals surface area contributed by atoms with Gasteiger partial charge in [0.05, 0.1) is 11.5 Å². The van der Waals surface area contributed by atoms with Crippen LogP contribution in [0.5, 0.6) is 0 Å². The van der Waals surface area contributed by atoms with E-state index in [1.807, 2.05) is 0 Å². The summed E-state index contributed by atoms with van der Waals surface area (Å²) in [5.41, 5.74) is 0. The second-order valence-electron chi connectivity index (χ2n) is 5.77. The van der Waals surface area contributed by atoms with E-state index < -0.39 is 10.1 Å². The van der Waals surface area contributed by atoms with E-state index in [9.17, 15) is 8.42 Å². The fraction of sp³-hybridized carbons (Fsp3) is 0.667. The zero-order valence-corrected chi connectivity index (χ0v) is 20.5. The van der Waals surface area contributed by atoms with Crippen LogP contribution >= 0.6 is 0 Å². The Kier molecular flexibility index (Phi) is 20.5. The zero-order valence-electron chi connectivity index (χ0n) is 15.5. The fourth-order valence-electron chi connectivity index (χ4n) is 2.41. The molecule has 1 rings (SSSR count). The molecule has 0 spiro atoms. The van der Waals surface area contributed by atoms with Crippen LogP contribution < -0.4 is 0 Å². The Morgan fingerprint density at radius 1 is 0.792 bits per heavy atom. The third kappa shape index (κ3) is 13.6. The van der Waals surface area contributed by atoms with Gasteiger partial charge in [-0.2, -0.15) is 8.42 Å². The molecule has 0 fully saturated rings. The molecule has 0 amide bonds. The third-order valence-electron chi connectivity index (χ3n) is 3.77. The molecule has 1 aromatic rings. The molecular weight excluding hydrogens is 359 g/mol. The van der Waals surface area contributed by atoms with Crippen LogP contribution in [-0.4, -0.2) is 82.3 Å². The first kappa shape index (κ1) is 27.6. The van der Waals surface area contributed by atoms with Crippen molar-refractivity contribution in [3.63, 3.8) is 0 Å². The van der Waals surface area contributed by atoms with E-state index in [0.717, 1.165) is 12.8 Å². The van der Waals surface area contributed by atoms with Gasteiger partial charge >= 0.3 is 0 Å². The summed E-state index contributed by atoms with van der Waals surface area (Å²) >= 11 is 0. The normalized spacial score (nSPS) is 10.7. The largest absolute Gasteiger partial charge is 0.296 e. The molecule has 0 N–H and O–H groups in total. The van der Waals surface area contributed by atoms with Crippen molar-refractivity contribution in [3.8, 4) is 0 Å². The quantitative estimate of drug-likeness (QED) is 0.282. The maximum Gasteiger partial charge on any atom is 0.296 e. The van der Waals surface area contributed by atoms with Gasteiger partial charge in [0.15, 0.2) is 0 Å². The molecule has 0 atom stereocenters. The molecule has 0 aromatic heterocycles. The standard InChI is InChI=1S/C18H30O3S.Ca.Na/c1-2-3-4-5-6-7-8-9-10-14-17-21-22(19,20)18-15-12-11-13-16-18;;/h11-13,15-16H,2-10,14,17H2,1H3;;. The van der Waals surface area contributed by atoms with Crippen molar-refractivity contribution in [2.24, 2.45) is 0 Å². The summed E-state index contributed by atoms with van der Waals surface area (Å²) in [5, 5.41) is 0. The van der Waals surface area contributed by atoms with E-state index in [0.29, 0.717) is 0 Å².